The van der Waals surface area contributed by atoms with Gasteiger partial charge in [-0.3, -0.25) is 9.69 Å². The summed E-state index contributed by atoms with van der Waals surface area (Å²) in [5.41, 5.74) is 2.36. The highest BCUT2D eigenvalue weighted by Crippen LogP contribution is 2.36. The molecule has 0 saturated carbocycles. The Labute approximate surface area is 100.0 Å². The topological polar surface area (TPSA) is 32.8 Å². The molecule has 0 aromatic heterocycles. The zero-order chi connectivity index (χ0) is 12.0. The summed E-state index contributed by atoms with van der Waals surface area (Å²) in [6.07, 6.45) is 1.83. The third-order valence-electron chi connectivity index (χ3n) is 3.26. The number of hydrogen-bond donors (Lipinski definition) is 0. The van der Waals surface area contributed by atoms with Gasteiger partial charge in [0, 0.05) is 16.8 Å². The van der Waals surface area contributed by atoms with Crippen molar-refractivity contribution in [3.8, 4) is 0 Å². The van der Waals surface area contributed by atoms with Crippen molar-refractivity contribution in [3.05, 3.63) is 54.6 Å². The summed E-state index contributed by atoms with van der Waals surface area (Å²) in [5.74, 6) is -0.00833. The van der Waals surface area contributed by atoms with Gasteiger partial charge in [0.25, 0.3) is 5.91 Å². The van der Waals surface area contributed by atoms with Crippen molar-refractivity contribution in [3.63, 3.8) is 0 Å². The van der Waals surface area contributed by atoms with Crippen LogP contribution in [-0.2, 0) is 4.74 Å². The van der Waals surface area contributed by atoms with Gasteiger partial charge in [-0.1, -0.05) is 30.9 Å². The molecular formula is C14H13NO2. The Kier molecular flexibility index (Phi) is 2.16. The van der Waals surface area contributed by atoms with Crippen molar-refractivity contribution >= 4 is 11.6 Å². The molecule has 17 heavy (non-hydrogen) atoms. The zero-order valence-corrected chi connectivity index (χ0v) is 9.43. The van der Waals surface area contributed by atoms with Gasteiger partial charge in [-0.05, 0) is 6.07 Å². The van der Waals surface area contributed by atoms with Gasteiger partial charge in [-0.25, -0.2) is 0 Å². The number of amides is 1. The standard InChI is InChI=1S/C14H13NO2/c1-3-12(13-8-17-13)15-9(2)10-6-4-5-7-11(10)14(15)16/h3-7,12-13H,1-2,8H2/t12-,13-/m0/s1. The van der Waals surface area contributed by atoms with Crippen LogP contribution in [0.3, 0.4) is 0 Å². The van der Waals surface area contributed by atoms with E-state index in [2.05, 4.69) is 13.2 Å². The van der Waals surface area contributed by atoms with Crippen molar-refractivity contribution in [1.82, 2.24) is 4.90 Å². The first-order valence-corrected chi connectivity index (χ1v) is 5.60. The second kappa shape index (κ2) is 3.57. The van der Waals surface area contributed by atoms with Crippen LogP contribution in [0.2, 0.25) is 0 Å². The Morgan fingerprint density at radius 3 is 2.59 bits per heavy atom. The molecule has 0 aliphatic carbocycles. The van der Waals surface area contributed by atoms with E-state index < -0.39 is 0 Å². The summed E-state index contributed by atoms with van der Waals surface area (Å²) < 4.78 is 5.26. The molecule has 1 aromatic rings. The Hall–Kier alpha value is -1.87. The third-order valence-corrected chi connectivity index (χ3v) is 3.26. The van der Waals surface area contributed by atoms with Crippen LogP contribution in [0.5, 0.6) is 0 Å². The summed E-state index contributed by atoms with van der Waals surface area (Å²) in [5, 5.41) is 0. The van der Waals surface area contributed by atoms with Crippen LogP contribution in [0.25, 0.3) is 5.70 Å². The lowest BCUT2D eigenvalue weighted by molar-refractivity contribution is 0.0810. The zero-order valence-electron chi connectivity index (χ0n) is 9.43. The summed E-state index contributed by atoms with van der Waals surface area (Å²) in [7, 11) is 0. The number of rotatable bonds is 3. The molecule has 2 atom stereocenters. The van der Waals surface area contributed by atoms with Crippen LogP contribution < -0.4 is 0 Å². The quantitative estimate of drug-likeness (QED) is 0.585. The molecule has 0 unspecified atom stereocenters. The maximum Gasteiger partial charge on any atom is 0.259 e. The lowest BCUT2D eigenvalue weighted by atomic mass is 10.1. The average molecular weight is 227 g/mol. The molecule has 0 bridgehead atoms. The van der Waals surface area contributed by atoms with E-state index >= 15 is 0 Å². The minimum atomic E-state index is -0.109. The molecule has 3 heteroatoms. The van der Waals surface area contributed by atoms with Crippen LogP contribution in [0, 0.1) is 0 Å². The highest BCUT2D eigenvalue weighted by molar-refractivity contribution is 6.09. The van der Waals surface area contributed by atoms with E-state index in [0.717, 1.165) is 11.3 Å². The van der Waals surface area contributed by atoms with Gasteiger partial charge in [0.1, 0.15) is 6.10 Å². The smallest absolute Gasteiger partial charge is 0.259 e. The van der Waals surface area contributed by atoms with E-state index in [4.69, 9.17) is 4.74 Å². The molecule has 3 rings (SSSR count). The molecule has 2 aliphatic heterocycles. The summed E-state index contributed by atoms with van der Waals surface area (Å²) >= 11 is 0. The second-order valence-electron chi connectivity index (χ2n) is 4.27. The molecule has 3 nitrogen and oxygen atoms in total. The van der Waals surface area contributed by atoms with Gasteiger partial charge in [-0.15, -0.1) is 6.58 Å². The van der Waals surface area contributed by atoms with E-state index in [0.29, 0.717) is 12.2 Å². The number of ether oxygens (including phenoxy) is 1. The van der Waals surface area contributed by atoms with E-state index in [1.807, 2.05) is 24.3 Å². The molecular weight excluding hydrogens is 214 g/mol. The van der Waals surface area contributed by atoms with Crippen LogP contribution >= 0.6 is 0 Å². The van der Waals surface area contributed by atoms with Gasteiger partial charge < -0.3 is 4.74 Å². The fraction of sp³-hybridized carbons (Fsp3) is 0.214. The van der Waals surface area contributed by atoms with Crippen molar-refractivity contribution in [2.24, 2.45) is 0 Å². The minimum absolute atomic E-state index is 0.00833. The Morgan fingerprint density at radius 2 is 2.06 bits per heavy atom. The minimum Gasteiger partial charge on any atom is -0.371 e. The van der Waals surface area contributed by atoms with Gasteiger partial charge in [0.2, 0.25) is 0 Å². The maximum absolute atomic E-state index is 12.3. The number of epoxide rings is 1. The van der Waals surface area contributed by atoms with Crippen molar-refractivity contribution < 1.29 is 9.53 Å². The first-order chi connectivity index (χ1) is 8.24. The van der Waals surface area contributed by atoms with Crippen LogP contribution in [-0.4, -0.2) is 29.6 Å². The Morgan fingerprint density at radius 1 is 1.41 bits per heavy atom. The Balaban J connectivity index is 2.02. The van der Waals surface area contributed by atoms with E-state index in [-0.39, 0.29) is 18.1 Å². The lowest BCUT2D eigenvalue weighted by Gasteiger charge is -2.24. The summed E-state index contributed by atoms with van der Waals surface area (Å²) in [4.78, 5) is 14.0. The Bertz CT molecular complexity index is 482. The first-order valence-electron chi connectivity index (χ1n) is 5.60. The fourth-order valence-corrected chi connectivity index (χ4v) is 2.29. The number of carbonyl (C=O) groups excluding carboxylic acids is 1. The SMILES string of the molecule is C=C[C@@H]([C@@H]1CO1)N1C(=C)c2ccccc2C1=O. The molecule has 2 aliphatic rings. The molecule has 0 radical (unpaired) electrons. The monoisotopic (exact) mass is 227 g/mol. The number of carbonyl (C=O) groups is 1. The fourth-order valence-electron chi connectivity index (χ4n) is 2.29. The number of nitrogens with zero attached hydrogens (tertiary/aromatic N) is 1. The van der Waals surface area contributed by atoms with E-state index in [9.17, 15) is 4.79 Å². The molecule has 1 saturated heterocycles. The van der Waals surface area contributed by atoms with Gasteiger partial charge in [0.15, 0.2) is 0 Å². The summed E-state index contributed by atoms with van der Waals surface area (Å²) in [6.45, 7) is 8.48. The van der Waals surface area contributed by atoms with Crippen LogP contribution in [0.15, 0.2) is 43.5 Å². The predicted octanol–water partition coefficient (Wildman–Crippen LogP) is 2.07. The molecule has 1 fully saturated rings. The van der Waals surface area contributed by atoms with Crippen molar-refractivity contribution in [1.29, 1.82) is 0 Å². The van der Waals surface area contributed by atoms with E-state index in [1.54, 1.807) is 11.0 Å². The molecule has 1 aromatic carbocycles. The summed E-state index contributed by atoms with van der Waals surface area (Å²) in [6, 6.07) is 7.42. The molecule has 86 valence electrons. The normalized spacial score (nSPS) is 23.5. The number of hydrogen-bond acceptors (Lipinski definition) is 2. The van der Waals surface area contributed by atoms with Gasteiger partial charge >= 0.3 is 0 Å². The van der Waals surface area contributed by atoms with E-state index in [1.165, 1.54) is 0 Å². The number of fused-ring (bicyclic) bond motifs is 1. The maximum atomic E-state index is 12.3. The molecule has 2 heterocycles. The molecule has 0 N–H and O–H groups in total. The third kappa shape index (κ3) is 1.43. The second-order valence-corrected chi connectivity index (χ2v) is 4.27. The average Bonchev–Trinajstić information content (AvgIpc) is 3.15. The predicted molar refractivity (Wildman–Crippen MR) is 65.4 cm³/mol. The number of benzene rings is 1. The largest absolute Gasteiger partial charge is 0.371 e. The highest BCUT2D eigenvalue weighted by Gasteiger charge is 2.42. The highest BCUT2D eigenvalue weighted by atomic mass is 16.6. The van der Waals surface area contributed by atoms with Crippen LogP contribution in [0.1, 0.15) is 15.9 Å². The van der Waals surface area contributed by atoms with Gasteiger partial charge in [0.05, 0.1) is 12.6 Å². The lowest BCUT2D eigenvalue weighted by Crippen LogP contribution is -2.37. The first kappa shape index (κ1) is 10.3. The van der Waals surface area contributed by atoms with Crippen molar-refractivity contribution in [2.45, 2.75) is 12.1 Å². The molecule has 0 spiro atoms. The van der Waals surface area contributed by atoms with Gasteiger partial charge in [-0.2, -0.15) is 0 Å². The van der Waals surface area contributed by atoms with Crippen molar-refractivity contribution in [2.75, 3.05) is 6.61 Å². The molecule has 1 amide bonds. The van der Waals surface area contributed by atoms with Crippen LogP contribution in [0.4, 0.5) is 0 Å².